The highest BCUT2D eigenvalue weighted by Crippen LogP contribution is 2.61. The van der Waals surface area contributed by atoms with Crippen molar-refractivity contribution in [3.63, 3.8) is 0 Å². The number of imidazole rings is 1. The van der Waals surface area contributed by atoms with Crippen LogP contribution in [0, 0.1) is 5.41 Å². The van der Waals surface area contributed by atoms with E-state index in [4.69, 9.17) is 19.5 Å². The van der Waals surface area contributed by atoms with Crippen LogP contribution in [0.3, 0.4) is 0 Å². The minimum absolute atomic E-state index is 0.0299. The topological polar surface area (TPSA) is 364 Å². The molecule has 2 unspecified atom stereocenters. The number of fused-ring (bicyclic) bond motifs is 1. The molecular formula is C26H42N7O17P3S. The molecule has 54 heavy (non-hydrogen) atoms. The first-order valence-corrected chi connectivity index (χ1v) is 21.2. The number of aliphatic hydroxyl groups is 2. The molecule has 3 rings (SSSR count). The average Bonchev–Trinajstić information content (AvgIpc) is 3.63. The van der Waals surface area contributed by atoms with Gasteiger partial charge in [0.2, 0.25) is 11.8 Å². The normalized spacial score (nSPS) is 21.9. The second kappa shape index (κ2) is 19.4. The molecule has 0 aliphatic carbocycles. The summed E-state index contributed by atoms with van der Waals surface area (Å²) in [5.41, 5.74) is 4.26. The molecule has 304 valence electrons. The molecule has 1 saturated heterocycles. The Bertz CT molecular complexity index is 1800. The lowest BCUT2D eigenvalue weighted by Gasteiger charge is -2.30. The van der Waals surface area contributed by atoms with Crippen LogP contribution in [0.1, 0.15) is 39.3 Å². The molecule has 0 aromatic carbocycles. The van der Waals surface area contributed by atoms with E-state index in [-0.39, 0.29) is 41.6 Å². The number of phosphoric ester groups is 3. The van der Waals surface area contributed by atoms with Crippen molar-refractivity contribution in [2.24, 2.45) is 5.41 Å². The number of anilines is 1. The van der Waals surface area contributed by atoms with Crippen molar-refractivity contribution in [3.05, 3.63) is 25.3 Å². The molecule has 3 heterocycles. The van der Waals surface area contributed by atoms with Gasteiger partial charge in [-0.2, -0.15) is 4.31 Å². The van der Waals surface area contributed by atoms with Crippen LogP contribution in [-0.4, -0.2) is 123 Å². The Hall–Kier alpha value is -2.70. The Morgan fingerprint density at radius 3 is 2.44 bits per heavy atom. The van der Waals surface area contributed by atoms with Crippen LogP contribution >= 0.6 is 35.2 Å². The number of allylic oxidation sites excluding steroid dienone is 1. The Morgan fingerprint density at radius 1 is 1.09 bits per heavy atom. The lowest BCUT2D eigenvalue weighted by Crippen LogP contribution is -2.46. The highest BCUT2D eigenvalue weighted by atomic mass is 32.2. The van der Waals surface area contributed by atoms with Crippen molar-refractivity contribution in [1.82, 2.24) is 30.2 Å². The highest BCUT2D eigenvalue weighted by Gasteiger charge is 2.50. The van der Waals surface area contributed by atoms with Crippen LogP contribution in [0.2, 0.25) is 0 Å². The largest absolute Gasteiger partial charge is 0.481 e. The minimum Gasteiger partial charge on any atom is -0.386 e. The summed E-state index contributed by atoms with van der Waals surface area (Å²) >= 11 is 1.06. The van der Waals surface area contributed by atoms with E-state index in [0.29, 0.717) is 18.6 Å². The van der Waals surface area contributed by atoms with Gasteiger partial charge in [0.25, 0.3) is 0 Å². The fraction of sp³-hybridized carbons (Fsp3) is 0.615. The Kier molecular flexibility index (Phi) is 16.4. The summed E-state index contributed by atoms with van der Waals surface area (Å²) in [6.07, 6.45) is -4.40. The molecule has 7 atom stereocenters. The lowest BCUT2D eigenvalue weighted by molar-refractivity contribution is -0.137. The summed E-state index contributed by atoms with van der Waals surface area (Å²) in [6.45, 7) is 4.03. The zero-order valence-electron chi connectivity index (χ0n) is 28.8. The van der Waals surface area contributed by atoms with Gasteiger partial charge in [0.1, 0.15) is 36.3 Å². The monoisotopic (exact) mass is 849 g/mol. The number of nitrogens with zero attached hydrogens (tertiary/aromatic N) is 4. The van der Waals surface area contributed by atoms with Gasteiger partial charge in [0.05, 0.1) is 19.5 Å². The number of hydrogen-bond donors (Lipinski definition) is 9. The molecule has 2 aromatic heterocycles. The molecule has 24 nitrogen and oxygen atoms in total. The van der Waals surface area contributed by atoms with Crippen molar-refractivity contribution in [1.29, 1.82) is 0 Å². The smallest absolute Gasteiger partial charge is 0.386 e. The summed E-state index contributed by atoms with van der Waals surface area (Å²) < 4.78 is 62.0. The Labute approximate surface area is 311 Å². The number of aliphatic hydroxyl groups excluding tert-OH is 2. The molecule has 2 aromatic rings. The zero-order chi connectivity index (χ0) is 40.5. The second-order valence-corrected chi connectivity index (χ2v) is 17.5. The summed E-state index contributed by atoms with van der Waals surface area (Å²) in [4.78, 5) is 87.0. The van der Waals surface area contributed by atoms with Gasteiger partial charge < -0.3 is 50.9 Å². The predicted octanol–water partition coefficient (Wildman–Crippen LogP) is -0.369. The number of aromatic nitrogens is 4. The van der Waals surface area contributed by atoms with Gasteiger partial charge in [-0.3, -0.25) is 32.5 Å². The Morgan fingerprint density at radius 2 is 1.78 bits per heavy atom. The number of ether oxygens (including phenoxy) is 1. The quantitative estimate of drug-likeness (QED) is 0.0414. The lowest BCUT2D eigenvalue weighted by atomic mass is 9.87. The molecule has 10 N–H and O–H groups in total. The molecule has 0 saturated carbocycles. The van der Waals surface area contributed by atoms with E-state index in [2.05, 4.69) is 41.0 Å². The van der Waals surface area contributed by atoms with Crippen molar-refractivity contribution in [3.8, 4) is 0 Å². The van der Waals surface area contributed by atoms with Gasteiger partial charge in [-0.05, 0) is 6.42 Å². The van der Waals surface area contributed by atoms with Gasteiger partial charge in [-0.15, -0.1) is 6.58 Å². The van der Waals surface area contributed by atoms with Gasteiger partial charge in [0.15, 0.2) is 22.8 Å². The minimum atomic E-state index is -5.57. The third-order valence-electron chi connectivity index (χ3n) is 7.32. The molecule has 0 radical (unpaired) electrons. The third-order valence-corrected chi connectivity index (χ3v) is 11.4. The summed E-state index contributed by atoms with van der Waals surface area (Å²) in [5, 5.41) is 26.2. The molecule has 28 heteroatoms. The van der Waals surface area contributed by atoms with Crippen LogP contribution in [0.4, 0.5) is 5.82 Å². The van der Waals surface area contributed by atoms with E-state index < -0.39 is 84.6 Å². The third kappa shape index (κ3) is 13.8. The Balaban J connectivity index is 1.50. The standard InChI is InChI=1S/C26H42N7O17P3S/c1-4-5-6-17(35)54-10-9-28-16(34)7-8-29-24(38)21(37)26(2,3)12-47-53(44,45)50-52(42,43)46-11-15-20(49-51(39,40)41)19(36)25(48-15)33-14-32-18-22(27)30-13-31-23(18)33/h4,13-15,19-21,25,36-37H,1,5-12H2,2-3H3,(H,28,34)(H,29,38)(H,42,43)(H,44,45)(H2,27,30,31)(H2,39,40,41)/t15-,19-,20-,21+,25-/m1/s1. The first-order chi connectivity index (χ1) is 25.1. The maximum absolute atomic E-state index is 12.6. The van der Waals surface area contributed by atoms with Crippen LogP contribution in [0.25, 0.3) is 11.2 Å². The van der Waals surface area contributed by atoms with E-state index in [1.54, 1.807) is 6.08 Å². The highest BCUT2D eigenvalue weighted by molar-refractivity contribution is 8.13. The van der Waals surface area contributed by atoms with E-state index in [1.807, 2.05) is 0 Å². The van der Waals surface area contributed by atoms with Crippen molar-refractivity contribution < 1.29 is 80.5 Å². The predicted molar refractivity (Wildman–Crippen MR) is 187 cm³/mol. The van der Waals surface area contributed by atoms with Crippen molar-refractivity contribution in [2.75, 3.05) is 37.8 Å². The molecule has 0 bridgehead atoms. The van der Waals surface area contributed by atoms with Crippen molar-refractivity contribution >= 4 is 69.1 Å². The van der Waals surface area contributed by atoms with Crippen LogP contribution in [0.15, 0.2) is 25.3 Å². The number of amides is 2. The number of rotatable bonds is 22. The van der Waals surface area contributed by atoms with Gasteiger partial charge in [-0.25, -0.2) is 28.6 Å². The number of carbonyl (C=O) groups excluding carboxylic acids is 3. The van der Waals surface area contributed by atoms with Gasteiger partial charge in [0, 0.05) is 37.1 Å². The van der Waals surface area contributed by atoms with E-state index in [1.165, 1.54) is 13.8 Å². The number of carbonyl (C=O) groups is 3. The number of nitrogens with one attached hydrogen (secondary N) is 2. The average molecular weight is 850 g/mol. The molecule has 1 aliphatic rings. The zero-order valence-corrected chi connectivity index (χ0v) is 32.3. The number of phosphoric acid groups is 3. The fourth-order valence-electron chi connectivity index (χ4n) is 4.59. The van der Waals surface area contributed by atoms with Crippen LogP contribution in [-0.2, 0) is 50.7 Å². The number of thioether (sulfide) groups is 1. The first-order valence-electron chi connectivity index (χ1n) is 15.7. The summed E-state index contributed by atoms with van der Waals surface area (Å²) in [6, 6.07) is 0. The molecular weight excluding hydrogens is 807 g/mol. The fourth-order valence-corrected chi connectivity index (χ4v) is 8.11. The van der Waals surface area contributed by atoms with Crippen LogP contribution in [0.5, 0.6) is 0 Å². The van der Waals surface area contributed by atoms with E-state index in [9.17, 15) is 57.9 Å². The summed E-state index contributed by atoms with van der Waals surface area (Å²) in [5.74, 6) is -1.11. The molecule has 1 aliphatic heterocycles. The molecule has 0 spiro atoms. The second-order valence-electron chi connectivity index (χ2n) is 12.1. The van der Waals surface area contributed by atoms with E-state index in [0.717, 1.165) is 29.0 Å². The number of nitrogen functional groups attached to an aromatic ring is 1. The summed E-state index contributed by atoms with van der Waals surface area (Å²) in [7, 11) is -16.4. The molecule has 1 fully saturated rings. The number of hydrogen-bond acceptors (Lipinski definition) is 18. The van der Waals surface area contributed by atoms with Crippen molar-refractivity contribution in [2.45, 2.75) is 63.8 Å². The maximum atomic E-state index is 12.6. The maximum Gasteiger partial charge on any atom is 0.481 e. The van der Waals surface area contributed by atoms with Crippen LogP contribution < -0.4 is 16.4 Å². The molecule has 2 amide bonds. The van der Waals surface area contributed by atoms with Gasteiger partial charge >= 0.3 is 23.5 Å². The first kappa shape index (κ1) is 45.7. The van der Waals surface area contributed by atoms with E-state index >= 15 is 0 Å². The SMILES string of the molecule is C=CCCC(=O)SCCNC(=O)CCNC(=O)[C@H](O)C(C)(C)COP(=O)(O)OP(=O)(O)OC[C@H]1O[C@@H](n2cnc3c(N)ncnc32)[C@H](O)[C@@H]1OP(=O)(O)O. The van der Waals surface area contributed by atoms with Gasteiger partial charge in [-0.1, -0.05) is 31.7 Å². The number of nitrogens with two attached hydrogens (primary N) is 1.